The minimum absolute atomic E-state index is 0.0106. The first-order chi connectivity index (χ1) is 16.3. The molecular formula is C22H21Cl2N5O4S. The van der Waals surface area contributed by atoms with Gasteiger partial charge in [-0.15, -0.1) is 10.2 Å². The first-order valence-corrected chi connectivity index (χ1v) is 11.8. The van der Waals surface area contributed by atoms with Crippen LogP contribution >= 0.6 is 35.0 Å². The van der Waals surface area contributed by atoms with E-state index in [1.54, 1.807) is 61.0 Å². The fourth-order valence-electron chi connectivity index (χ4n) is 2.78. The molecule has 1 heterocycles. The van der Waals surface area contributed by atoms with Crippen LogP contribution in [0, 0.1) is 0 Å². The summed E-state index contributed by atoms with van der Waals surface area (Å²) in [7, 11) is 1.72. The summed E-state index contributed by atoms with van der Waals surface area (Å²) >= 11 is 13.0. The van der Waals surface area contributed by atoms with Crippen LogP contribution in [0.1, 0.15) is 23.1 Å². The molecule has 0 saturated carbocycles. The summed E-state index contributed by atoms with van der Waals surface area (Å²) < 4.78 is 6.59. The van der Waals surface area contributed by atoms with E-state index in [1.807, 2.05) is 0 Å². The van der Waals surface area contributed by atoms with E-state index in [1.165, 1.54) is 11.8 Å². The maximum atomic E-state index is 12.3. The molecule has 0 aliphatic carbocycles. The number of amides is 2. The third-order valence-corrected chi connectivity index (χ3v) is 6.22. The van der Waals surface area contributed by atoms with E-state index >= 15 is 0 Å². The molecule has 0 saturated heterocycles. The van der Waals surface area contributed by atoms with Crippen LogP contribution in [-0.2, 0) is 27.8 Å². The van der Waals surface area contributed by atoms with Crippen LogP contribution in [0.4, 0.5) is 11.4 Å². The average Bonchev–Trinajstić information content (AvgIpc) is 3.14. The number of nitrogens with one attached hydrogen (secondary N) is 2. The van der Waals surface area contributed by atoms with Crippen molar-refractivity contribution in [2.45, 2.75) is 18.5 Å². The lowest BCUT2D eigenvalue weighted by Crippen LogP contribution is -2.17. The average molecular weight is 522 g/mol. The third-order valence-electron chi connectivity index (χ3n) is 4.46. The summed E-state index contributed by atoms with van der Waals surface area (Å²) in [4.78, 5) is 36.3. The lowest BCUT2D eigenvalue weighted by molar-refractivity contribution is -0.116. The Labute approximate surface area is 210 Å². The fraction of sp³-hybridized carbons (Fsp3) is 0.227. The van der Waals surface area contributed by atoms with Gasteiger partial charge in [0.1, 0.15) is 5.82 Å². The maximum absolute atomic E-state index is 12.3. The molecule has 0 spiro atoms. The molecule has 2 aromatic carbocycles. The molecular weight excluding hydrogens is 501 g/mol. The lowest BCUT2D eigenvalue weighted by Gasteiger charge is -2.07. The number of aromatic nitrogens is 3. The van der Waals surface area contributed by atoms with Gasteiger partial charge >= 0.3 is 5.97 Å². The van der Waals surface area contributed by atoms with Gasteiger partial charge in [0, 0.05) is 18.4 Å². The number of hydrogen-bond acceptors (Lipinski definition) is 7. The Kier molecular flexibility index (Phi) is 8.91. The summed E-state index contributed by atoms with van der Waals surface area (Å²) in [5.41, 5.74) is 1.48. The number of esters is 1. The molecule has 2 amide bonds. The van der Waals surface area contributed by atoms with Gasteiger partial charge in [0.05, 0.1) is 34.4 Å². The van der Waals surface area contributed by atoms with Gasteiger partial charge in [-0.2, -0.15) is 0 Å². The molecule has 1 aromatic heterocycles. The molecule has 3 aromatic rings. The van der Waals surface area contributed by atoms with E-state index < -0.39 is 5.97 Å². The van der Waals surface area contributed by atoms with Crippen LogP contribution in [-0.4, -0.2) is 44.9 Å². The molecule has 0 atom stereocenters. The minimum Gasteiger partial charge on any atom is -0.462 e. The van der Waals surface area contributed by atoms with Crippen LogP contribution in [0.25, 0.3) is 0 Å². The fourth-order valence-corrected chi connectivity index (χ4v) is 3.81. The number of thioether (sulfide) groups is 1. The van der Waals surface area contributed by atoms with Crippen molar-refractivity contribution in [3.05, 3.63) is 63.9 Å². The number of nitrogens with zero attached hydrogens (tertiary/aromatic N) is 3. The van der Waals surface area contributed by atoms with Gasteiger partial charge in [-0.3, -0.25) is 9.59 Å². The standard InChI is InChI=1S/C22H21Cl2N5O4S/c1-3-33-21(32)13-4-6-14(7-5-13)25-20(31)12-34-22-28-27-18(29(22)2)11-19(30)26-15-8-9-16(23)17(24)10-15/h4-10H,3,11-12H2,1-2H3,(H,25,31)(H,26,30). The number of hydrogen-bond donors (Lipinski definition) is 2. The van der Waals surface area contributed by atoms with Crippen LogP contribution in [0.3, 0.4) is 0 Å². The highest BCUT2D eigenvalue weighted by molar-refractivity contribution is 7.99. The Bertz CT molecular complexity index is 1200. The predicted molar refractivity (Wildman–Crippen MR) is 132 cm³/mol. The quantitative estimate of drug-likeness (QED) is 0.320. The highest BCUT2D eigenvalue weighted by atomic mass is 35.5. The van der Waals surface area contributed by atoms with Crippen molar-refractivity contribution in [1.82, 2.24) is 14.8 Å². The number of halogens is 2. The molecule has 0 bridgehead atoms. The summed E-state index contributed by atoms with van der Waals surface area (Å²) in [5.74, 6) is -0.443. The second-order valence-electron chi connectivity index (χ2n) is 6.95. The number of anilines is 2. The Morgan fingerprint density at radius 1 is 0.971 bits per heavy atom. The molecule has 178 valence electrons. The zero-order valence-electron chi connectivity index (χ0n) is 18.3. The Hall–Kier alpha value is -3.08. The van der Waals surface area contributed by atoms with Gasteiger partial charge in [0.15, 0.2) is 5.16 Å². The van der Waals surface area contributed by atoms with Gasteiger partial charge in [-0.25, -0.2) is 4.79 Å². The zero-order valence-corrected chi connectivity index (χ0v) is 20.6. The monoisotopic (exact) mass is 521 g/mol. The van der Waals surface area contributed by atoms with Gasteiger partial charge < -0.3 is 19.9 Å². The minimum atomic E-state index is -0.417. The number of carbonyl (C=O) groups is 3. The number of benzene rings is 2. The van der Waals surface area contributed by atoms with Crippen molar-refractivity contribution < 1.29 is 19.1 Å². The Balaban J connectivity index is 1.50. The number of ether oxygens (including phenoxy) is 1. The molecule has 0 aliphatic rings. The van der Waals surface area contributed by atoms with Gasteiger partial charge in [0.2, 0.25) is 11.8 Å². The first kappa shape index (κ1) is 25.5. The van der Waals surface area contributed by atoms with Gasteiger partial charge in [-0.1, -0.05) is 35.0 Å². The van der Waals surface area contributed by atoms with Crippen molar-refractivity contribution in [3.8, 4) is 0 Å². The molecule has 12 heteroatoms. The van der Waals surface area contributed by atoms with E-state index in [0.717, 1.165) is 0 Å². The second kappa shape index (κ2) is 11.9. The Morgan fingerprint density at radius 3 is 2.32 bits per heavy atom. The largest absolute Gasteiger partial charge is 0.462 e. The normalized spacial score (nSPS) is 10.6. The highest BCUT2D eigenvalue weighted by Crippen LogP contribution is 2.25. The molecule has 0 aliphatic heterocycles. The van der Waals surface area contributed by atoms with Crippen molar-refractivity contribution in [1.29, 1.82) is 0 Å². The second-order valence-corrected chi connectivity index (χ2v) is 8.70. The van der Waals surface area contributed by atoms with Crippen molar-refractivity contribution >= 4 is 64.1 Å². The summed E-state index contributed by atoms with van der Waals surface area (Å²) in [6.45, 7) is 2.02. The lowest BCUT2D eigenvalue weighted by atomic mass is 10.2. The number of rotatable bonds is 9. The highest BCUT2D eigenvalue weighted by Gasteiger charge is 2.15. The summed E-state index contributed by atoms with van der Waals surface area (Å²) in [6.07, 6.45) is -0.0106. The zero-order chi connectivity index (χ0) is 24.7. The van der Waals surface area contributed by atoms with E-state index in [4.69, 9.17) is 27.9 Å². The predicted octanol–water partition coefficient (Wildman–Crippen LogP) is 4.21. The van der Waals surface area contributed by atoms with E-state index in [-0.39, 0.29) is 24.0 Å². The third kappa shape index (κ3) is 6.96. The van der Waals surface area contributed by atoms with Crippen LogP contribution in [0.2, 0.25) is 10.0 Å². The molecule has 2 N–H and O–H groups in total. The SMILES string of the molecule is CCOC(=O)c1ccc(NC(=O)CSc2nnc(CC(=O)Nc3ccc(Cl)c(Cl)c3)n2C)cc1. The maximum Gasteiger partial charge on any atom is 0.338 e. The van der Waals surface area contributed by atoms with Gasteiger partial charge in [-0.05, 0) is 49.4 Å². The van der Waals surface area contributed by atoms with Crippen LogP contribution in [0.15, 0.2) is 47.6 Å². The molecule has 0 fully saturated rings. The number of carbonyl (C=O) groups excluding carboxylic acids is 3. The Morgan fingerprint density at radius 2 is 1.65 bits per heavy atom. The summed E-state index contributed by atoms with van der Waals surface area (Å²) in [6, 6.07) is 11.2. The van der Waals surface area contributed by atoms with E-state index in [0.29, 0.717) is 44.6 Å². The molecule has 0 unspecified atom stereocenters. The first-order valence-electron chi connectivity index (χ1n) is 10.1. The van der Waals surface area contributed by atoms with Gasteiger partial charge in [0.25, 0.3) is 0 Å². The van der Waals surface area contributed by atoms with Crippen molar-refractivity contribution in [3.63, 3.8) is 0 Å². The molecule has 34 heavy (non-hydrogen) atoms. The topological polar surface area (TPSA) is 115 Å². The smallest absolute Gasteiger partial charge is 0.338 e. The van der Waals surface area contributed by atoms with E-state index in [9.17, 15) is 14.4 Å². The van der Waals surface area contributed by atoms with E-state index in [2.05, 4.69) is 20.8 Å². The van der Waals surface area contributed by atoms with Crippen molar-refractivity contribution in [2.75, 3.05) is 23.0 Å². The molecule has 3 rings (SSSR count). The van der Waals surface area contributed by atoms with Crippen LogP contribution in [0.5, 0.6) is 0 Å². The van der Waals surface area contributed by atoms with Crippen molar-refractivity contribution in [2.24, 2.45) is 7.05 Å². The molecule has 0 radical (unpaired) electrons. The summed E-state index contributed by atoms with van der Waals surface area (Å²) in [5, 5.41) is 14.8. The van der Waals surface area contributed by atoms with Crippen LogP contribution < -0.4 is 10.6 Å². The molecule has 9 nitrogen and oxygen atoms in total.